The molecule has 1 aromatic rings. The quantitative estimate of drug-likeness (QED) is 0.516. The van der Waals surface area contributed by atoms with Crippen LogP contribution in [0.2, 0.25) is 0 Å². The molecule has 2 saturated heterocycles. The number of nitrogens with zero attached hydrogens (tertiary/aromatic N) is 2. The van der Waals surface area contributed by atoms with Crippen LogP contribution in [-0.2, 0) is 14.3 Å². The van der Waals surface area contributed by atoms with Crippen LogP contribution in [0.15, 0.2) is 21.5 Å². The van der Waals surface area contributed by atoms with Gasteiger partial charge in [-0.1, -0.05) is 6.92 Å². The fraction of sp³-hybridized carbons (Fsp3) is 0.476. The molecule has 2 aliphatic heterocycles. The molecule has 3 rings (SSSR count). The third kappa shape index (κ3) is 5.61. The van der Waals surface area contributed by atoms with Crippen molar-refractivity contribution in [2.75, 3.05) is 40.0 Å². The second-order valence-corrected chi connectivity index (χ2v) is 8.98. The summed E-state index contributed by atoms with van der Waals surface area (Å²) in [6.45, 7) is 5.57. The summed E-state index contributed by atoms with van der Waals surface area (Å²) < 4.78 is 17.3. The Morgan fingerprint density at radius 3 is 2.68 bits per heavy atom. The molecule has 0 bridgehead atoms. The molecule has 10 heteroatoms. The Balaban J connectivity index is 1.77. The van der Waals surface area contributed by atoms with Gasteiger partial charge in [0.15, 0.2) is 11.5 Å². The first-order valence-electron chi connectivity index (χ1n) is 9.99. The molecule has 31 heavy (non-hydrogen) atoms. The largest absolute Gasteiger partial charge is 0.493 e. The molecular weight excluding hydrogens is 488 g/mol. The second kappa shape index (κ2) is 10.5. The highest BCUT2D eigenvalue weighted by atomic mass is 79.9. The number of benzene rings is 1. The van der Waals surface area contributed by atoms with Crippen molar-refractivity contribution in [3.05, 3.63) is 27.1 Å². The Labute approximate surface area is 194 Å². The first-order valence-corrected chi connectivity index (χ1v) is 11.6. The van der Waals surface area contributed by atoms with Gasteiger partial charge in [0.05, 0.1) is 35.8 Å². The van der Waals surface area contributed by atoms with Crippen molar-refractivity contribution in [2.24, 2.45) is 0 Å². The predicted molar refractivity (Wildman–Crippen MR) is 121 cm³/mol. The number of ether oxygens (including phenoxy) is 3. The van der Waals surface area contributed by atoms with Gasteiger partial charge in [-0.05, 0) is 64.8 Å². The molecule has 0 saturated carbocycles. The van der Waals surface area contributed by atoms with E-state index in [4.69, 9.17) is 14.2 Å². The maximum absolute atomic E-state index is 12.8. The zero-order valence-corrected chi connectivity index (χ0v) is 20.1. The van der Waals surface area contributed by atoms with Gasteiger partial charge in [0.25, 0.3) is 11.1 Å². The van der Waals surface area contributed by atoms with Gasteiger partial charge in [0, 0.05) is 13.1 Å². The Bertz CT molecular complexity index is 900. The SMILES string of the molecule is CC[C@H](C)Oc1c(Br)cc(/C=C2/SC(=O)N(CC(=O)N3CCOCC3)C2=O)cc1OC. The third-order valence-electron chi connectivity index (χ3n) is 4.97. The lowest BCUT2D eigenvalue weighted by molar-refractivity contribution is -0.139. The van der Waals surface area contributed by atoms with Gasteiger partial charge in [-0.2, -0.15) is 0 Å². The van der Waals surface area contributed by atoms with E-state index >= 15 is 0 Å². The van der Waals surface area contributed by atoms with E-state index in [1.54, 1.807) is 30.2 Å². The number of carbonyl (C=O) groups is 3. The van der Waals surface area contributed by atoms with E-state index in [2.05, 4.69) is 15.9 Å². The Hall–Kier alpha value is -2.04. The highest BCUT2D eigenvalue weighted by Crippen LogP contribution is 2.39. The molecule has 1 atom stereocenters. The average molecular weight is 513 g/mol. The lowest BCUT2D eigenvalue weighted by Crippen LogP contribution is -2.46. The van der Waals surface area contributed by atoms with Crippen molar-refractivity contribution in [1.29, 1.82) is 0 Å². The topological polar surface area (TPSA) is 85.4 Å². The van der Waals surface area contributed by atoms with Gasteiger partial charge >= 0.3 is 0 Å². The van der Waals surface area contributed by atoms with Gasteiger partial charge < -0.3 is 19.1 Å². The molecule has 0 radical (unpaired) electrons. The van der Waals surface area contributed by atoms with Crippen LogP contribution in [0, 0.1) is 0 Å². The predicted octanol–water partition coefficient (Wildman–Crippen LogP) is 3.53. The summed E-state index contributed by atoms with van der Waals surface area (Å²) in [6, 6.07) is 3.54. The smallest absolute Gasteiger partial charge is 0.294 e. The van der Waals surface area contributed by atoms with E-state index in [0.717, 1.165) is 23.1 Å². The number of methoxy groups -OCH3 is 1. The van der Waals surface area contributed by atoms with Crippen LogP contribution in [0.4, 0.5) is 4.79 Å². The highest BCUT2D eigenvalue weighted by molar-refractivity contribution is 9.10. The molecule has 2 heterocycles. The molecule has 168 valence electrons. The molecule has 0 spiro atoms. The van der Waals surface area contributed by atoms with Crippen LogP contribution in [0.1, 0.15) is 25.8 Å². The first-order chi connectivity index (χ1) is 14.8. The van der Waals surface area contributed by atoms with Crippen LogP contribution in [0.25, 0.3) is 6.08 Å². The Morgan fingerprint density at radius 1 is 1.32 bits per heavy atom. The van der Waals surface area contributed by atoms with Crippen molar-refractivity contribution in [3.63, 3.8) is 0 Å². The number of hydrogen-bond donors (Lipinski definition) is 0. The highest BCUT2D eigenvalue weighted by Gasteiger charge is 2.37. The normalized spacial score (nSPS) is 19.2. The number of morpholine rings is 1. The van der Waals surface area contributed by atoms with Crippen LogP contribution in [0.5, 0.6) is 11.5 Å². The van der Waals surface area contributed by atoms with Gasteiger partial charge in [0.1, 0.15) is 6.54 Å². The Morgan fingerprint density at radius 2 is 2.03 bits per heavy atom. The summed E-state index contributed by atoms with van der Waals surface area (Å²) >= 11 is 4.32. The van der Waals surface area contributed by atoms with E-state index in [9.17, 15) is 14.4 Å². The number of rotatable bonds is 7. The molecule has 3 amide bonds. The third-order valence-corrected chi connectivity index (χ3v) is 6.47. The lowest BCUT2D eigenvalue weighted by atomic mass is 10.1. The molecule has 2 fully saturated rings. The van der Waals surface area contributed by atoms with E-state index in [0.29, 0.717) is 47.8 Å². The minimum atomic E-state index is -0.480. The Kier molecular flexibility index (Phi) is 8.01. The standard InChI is InChI=1S/C21H25BrN2O6S/c1-4-13(2)30-19-15(22)9-14(10-16(19)28-3)11-17-20(26)24(21(27)31-17)12-18(25)23-5-7-29-8-6-23/h9-11,13H,4-8,12H2,1-3H3/b17-11+/t13-/m0/s1. The van der Waals surface area contributed by atoms with Crippen LogP contribution in [0.3, 0.4) is 0 Å². The summed E-state index contributed by atoms with van der Waals surface area (Å²) in [6.07, 6.45) is 2.47. The van der Waals surface area contributed by atoms with E-state index in [1.807, 2.05) is 13.8 Å². The zero-order valence-electron chi connectivity index (χ0n) is 17.7. The summed E-state index contributed by atoms with van der Waals surface area (Å²) in [5, 5.41) is -0.458. The van der Waals surface area contributed by atoms with Crippen LogP contribution in [-0.4, -0.2) is 72.9 Å². The van der Waals surface area contributed by atoms with Crippen molar-refractivity contribution in [3.8, 4) is 11.5 Å². The fourth-order valence-corrected chi connectivity index (χ4v) is 4.45. The van der Waals surface area contributed by atoms with E-state index in [-0.39, 0.29) is 23.5 Å². The monoisotopic (exact) mass is 512 g/mol. The number of carbonyl (C=O) groups excluding carboxylic acids is 3. The molecule has 0 unspecified atom stereocenters. The van der Waals surface area contributed by atoms with E-state index in [1.165, 1.54) is 0 Å². The minimum Gasteiger partial charge on any atom is -0.493 e. The number of hydrogen-bond acceptors (Lipinski definition) is 7. The number of halogens is 1. The molecular formula is C21H25BrN2O6S. The summed E-state index contributed by atoms with van der Waals surface area (Å²) in [4.78, 5) is 40.5. The molecule has 0 aromatic heterocycles. The van der Waals surface area contributed by atoms with Crippen molar-refractivity contribution in [1.82, 2.24) is 9.80 Å². The molecule has 0 aliphatic carbocycles. The molecule has 8 nitrogen and oxygen atoms in total. The fourth-order valence-electron chi connectivity index (χ4n) is 3.06. The van der Waals surface area contributed by atoms with Crippen LogP contribution < -0.4 is 9.47 Å². The summed E-state index contributed by atoms with van der Waals surface area (Å²) in [7, 11) is 1.54. The van der Waals surface area contributed by atoms with Crippen molar-refractivity contribution >= 4 is 50.8 Å². The van der Waals surface area contributed by atoms with Crippen LogP contribution >= 0.6 is 27.7 Å². The van der Waals surface area contributed by atoms with E-state index < -0.39 is 11.1 Å². The summed E-state index contributed by atoms with van der Waals surface area (Å²) in [5.74, 6) is 0.357. The molecule has 0 N–H and O–H groups in total. The van der Waals surface area contributed by atoms with Gasteiger partial charge in [-0.15, -0.1) is 0 Å². The average Bonchev–Trinajstić information content (AvgIpc) is 3.02. The van der Waals surface area contributed by atoms with Gasteiger partial charge in [0.2, 0.25) is 5.91 Å². The molecule has 2 aliphatic rings. The zero-order chi connectivity index (χ0) is 22.5. The van der Waals surface area contributed by atoms with Gasteiger partial charge in [-0.3, -0.25) is 19.3 Å². The first kappa shape index (κ1) is 23.6. The molecule has 1 aromatic carbocycles. The summed E-state index contributed by atoms with van der Waals surface area (Å²) in [5.41, 5.74) is 0.672. The van der Waals surface area contributed by atoms with Crippen molar-refractivity contribution < 1.29 is 28.6 Å². The number of thioether (sulfide) groups is 1. The maximum atomic E-state index is 12.8. The number of amides is 3. The lowest BCUT2D eigenvalue weighted by Gasteiger charge is -2.28. The number of imide groups is 1. The van der Waals surface area contributed by atoms with Crippen molar-refractivity contribution in [2.45, 2.75) is 26.4 Å². The second-order valence-electron chi connectivity index (χ2n) is 7.13. The maximum Gasteiger partial charge on any atom is 0.294 e. The van der Waals surface area contributed by atoms with Gasteiger partial charge in [-0.25, -0.2) is 0 Å². The minimum absolute atomic E-state index is 0.0107.